The van der Waals surface area contributed by atoms with Crippen molar-refractivity contribution in [3.8, 4) is 0 Å². The number of nitrogens with zero attached hydrogens (tertiary/aromatic N) is 2. The van der Waals surface area contributed by atoms with Crippen LogP contribution in [0.25, 0.3) is 10.9 Å². The van der Waals surface area contributed by atoms with E-state index in [0.717, 1.165) is 23.1 Å². The Labute approximate surface area is 122 Å². The summed E-state index contributed by atoms with van der Waals surface area (Å²) in [5.41, 5.74) is 1.72. The molecular weight excluding hydrogens is 270 g/mol. The minimum atomic E-state index is -0.825. The number of aryl methyl sites for hydroxylation is 1. The van der Waals surface area contributed by atoms with Crippen molar-refractivity contribution >= 4 is 28.5 Å². The summed E-state index contributed by atoms with van der Waals surface area (Å²) in [5, 5.41) is 16.7. The SMILES string of the molecule is CCn1ncc2ccc(NC(=O)CCCCC(=O)O)cc21. The second-order valence-electron chi connectivity index (χ2n) is 4.88. The van der Waals surface area contributed by atoms with Gasteiger partial charge in [-0.3, -0.25) is 14.3 Å². The van der Waals surface area contributed by atoms with Crippen molar-refractivity contribution in [2.24, 2.45) is 0 Å². The topological polar surface area (TPSA) is 84.2 Å². The Morgan fingerprint density at radius 2 is 2.05 bits per heavy atom. The number of rotatable bonds is 7. The van der Waals surface area contributed by atoms with Gasteiger partial charge in [-0.2, -0.15) is 5.10 Å². The minimum Gasteiger partial charge on any atom is -0.481 e. The van der Waals surface area contributed by atoms with Crippen LogP contribution < -0.4 is 5.32 Å². The molecule has 0 saturated carbocycles. The van der Waals surface area contributed by atoms with E-state index in [0.29, 0.717) is 19.3 Å². The van der Waals surface area contributed by atoms with Crippen LogP contribution in [-0.4, -0.2) is 26.8 Å². The molecule has 0 radical (unpaired) electrons. The lowest BCUT2D eigenvalue weighted by molar-refractivity contribution is -0.137. The maximum Gasteiger partial charge on any atom is 0.303 e. The Bertz CT molecular complexity index is 649. The molecule has 1 heterocycles. The van der Waals surface area contributed by atoms with Gasteiger partial charge in [-0.1, -0.05) is 0 Å². The first-order valence-corrected chi connectivity index (χ1v) is 7.07. The number of carbonyl (C=O) groups is 2. The number of carboxylic acids is 1. The molecule has 0 aliphatic heterocycles. The highest BCUT2D eigenvalue weighted by atomic mass is 16.4. The number of amides is 1. The summed E-state index contributed by atoms with van der Waals surface area (Å²) in [6.45, 7) is 2.79. The summed E-state index contributed by atoms with van der Waals surface area (Å²) in [7, 11) is 0. The smallest absolute Gasteiger partial charge is 0.303 e. The van der Waals surface area contributed by atoms with Crippen molar-refractivity contribution in [3.05, 3.63) is 24.4 Å². The first-order chi connectivity index (χ1) is 10.1. The maximum atomic E-state index is 11.8. The highest BCUT2D eigenvalue weighted by Gasteiger charge is 2.06. The molecule has 1 amide bonds. The van der Waals surface area contributed by atoms with Crippen LogP contribution in [0.15, 0.2) is 24.4 Å². The average molecular weight is 289 g/mol. The molecule has 0 bridgehead atoms. The molecule has 0 unspecified atom stereocenters. The van der Waals surface area contributed by atoms with Gasteiger partial charge in [0.05, 0.1) is 11.7 Å². The average Bonchev–Trinajstić information content (AvgIpc) is 2.85. The number of aromatic nitrogens is 2. The lowest BCUT2D eigenvalue weighted by atomic mass is 10.2. The Kier molecular flexibility index (Phi) is 4.92. The molecule has 2 rings (SSSR count). The molecule has 0 saturated heterocycles. The molecule has 6 nitrogen and oxygen atoms in total. The van der Waals surface area contributed by atoms with Gasteiger partial charge in [-0.05, 0) is 38.0 Å². The van der Waals surface area contributed by atoms with E-state index in [9.17, 15) is 9.59 Å². The second-order valence-corrected chi connectivity index (χ2v) is 4.88. The summed E-state index contributed by atoms with van der Waals surface area (Å²) in [6, 6.07) is 5.68. The number of hydrogen-bond acceptors (Lipinski definition) is 3. The standard InChI is InChI=1S/C15H19N3O3/c1-2-18-13-9-12(8-7-11(13)10-16-18)17-14(19)5-3-4-6-15(20)21/h7-10H,2-6H2,1H3,(H,17,19)(H,20,21). The van der Waals surface area contributed by atoms with Crippen LogP contribution in [0.3, 0.4) is 0 Å². The molecular formula is C15H19N3O3. The van der Waals surface area contributed by atoms with Crippen molar-refractivity contribution in [3.63, 3.8) is 0 Å². The van der Waals surface area contributed by atoms with Gasteiger partial charge in [-0.15, -0.1) is 0 Å². The Morgan fingerprint density at radius 3 is 2.76 bits per heavy atom. The van der Waals surface area contributed by atoms with E-state index in [-0.39, 0.29) is 12.3 Å². The van der Waals surface area contributed by atoms with Gasteiger partial charge in [0.1, 0.15) is 0 Å². The van der Waals surface area contributed by atoms with Crippen molar-refractivity contribution in [1.82, 2.24) is 9.78 Å². The molecule has 1 aromatic heterocycles. The lowest BCUT2D eigenvalue weighted by Crippen LogP contribution is -2.11. The maximum absolute atomic E-state index is 11.8. The van der Waals surface area contributed by atoms with Crippen molar-refractivity contribution in [2.75, 3.05) is 5.32 Å². The zero-order chi connectivity index (χ0) is 15.2. The summed E-state index contributed by atoms with van der Waals surface area (Å²) in [6.07, 6.45) is 3.33. The molecule has 1 aromatic carbocycles. The first-order valence-electron chi connectivity index (χ1n) is 7.07. The number of unbranched alkanes of at least 4 members (excludes halogenated alkanes) is 1. The van der Waals surface area contributed by atoms with E-state index in [1.807, 2.05) is 29.8 Å². The molecule has 2 N–H and O–H groups in total. The quantitative estimate of drug-likeness (QED) is 0.767. The van der Waals surface area contributed by atoms with Gasteiger partial charge >= 0.3 is 5.97 Å². The largest absolute Gasteiger partial charge is 0.481 e. The molecule has 6 heteroatoms. The fourth-order valence-corrected chi connectivity index (χ4v) is 2.19. The van der Waals surface area contributed by atoms with E-state index in [1.165, 1.54) is 0 Å². The van der Waals surface area contributed by atoms with E-state index in [4.69, 9.17) is 5.11 Å². The van der Waals surface area contributed by atoms with E-state index >= 15 is 0 Å². The summed E-state index contributed by atoms with van der Waals surface area (Å²) < 4.78 is 1.87. The summed E-state index contributed by atoms with van der Waals surface area (Å²) >= 11 is 0. The van der Waals surface area contributed by atoms with E-state index in [2.05, 4.69) is 10.4 Å². The van der Waals surface area contributed by atoms with Crippen LogP contribution in [0, 0.1) is 0 Å². The number of aliphatic carboxylic acids is 1. The Morgan fingerprint density at radius 1 is 1.29 bits per heavy atom. The third-order valence-corrected chi connectivity index (χ3v) is 3.27. The van der Waals surface area contributed by atoms with Crippen LogP contribution in [0.2, 0.25) is 0 Å². The van der Waals surface area contributed by atoms with Crippen molar-refractivity contribution in [1.29, 1.82) is 0 Å². The third-order valence-electron chi connectivity index (χ3n) is 3.27. The first kappa shape index (κ1) is 15.0. The van der Waals surface area contributed by atoms with E-state index in [1.54, 1.807) is 6.20 Å². The Hall–Kier alpha value is -2.37. The number of anilines is 1. The third kappa shape index (κ3) is 4.05. The predicted molar refractivity (Wildman–Crippen MR) is 80.1 cm³/mol. The molecule has 0 aliphatic rings. The van der Waals surface area contributed by atoms with Gasteiger partial charge in [0.15, 0.2) is 0 Å². The lowest BCUT2D eigenvalue weighted by Gasteiger charge is -2.06. The van der Waals surface area contributed by atoms with Gasteiger partial charge in [0, 0.05) is 30.5 Å². The zero-order valence-electron chi connectivity index (χ0n) is 12.0. The monoisotopic (exact) mass is 289 g/mol. The molecule has 0 spiro atoms. The van der Waals surface area contributed by atoms with Crippen molar-refractivity contribution in [2.45, 2.75) is 39.2 Å². The van der Waals surface area contributed by atoms with Crippen LogP contribution in [0.1, 0.15) is 32.6 Å². The van der Waals surface area contributed by atoms with Crippen LogP contribution >= 0.6 is 0 Å². The molecule has 2 aromatic rings. The number of benzene rings is 1. The second kappa shape index (κ2) is 6.88. The molecule has 0 atom stereocenters. The summed E-state index contributed by atoms with van der Waals surface area (Å²) in [5.74, 6) is -0.920. The molecule has 0 aliphatic carbocycles. The molecule has 112 valence electrons. The number of carboxylic acid groups (broad SMARTS) is 1. The normalized spacial score (nSPS) is 10.7. The van der Waals surface area contributed by atoms with Gasteiger partial charge < -0.3 is 10.4 Å². The highest BCUT2D eigenvalue weighted by Crippen LogP contribution is 2.19. The number of carbonyl (C=O) groups excluding carboxylic acids is 1. The van der Waals surface area contributed by atoms with Crippen LogP contribution in [0.5, 0.6) is 0 Å². The van der Waals surface area contributed by atoms with E-state index < -0.39 is 5.97 Å². The van der Waals surface area contributed by atoms with Crippen molar-refractivity contribution < 1.29 is 14.7 Å². The molecule has 0 fully saturated rings. The van der Waals surface area contributed by atoms with Crippen LogP contribution in [0.4, 0.5) is 5.69 Å². The summed E-state index contributed by atoms with van der Waals surface area (Å²) in [4.78, 5) is 22.2. The van der Waals surface area contributed by atoms with Crippen LogP contribution in [-0.2, 0) is 16.1 Å². The molecule has 21 heavy (non-hydrogen) atoms. The van der Waals surface area contributed by atoms with Gasteiger partial charge in [0.2, 0.25) is 5.91 Å². The number of hydrogen-bond donors (Lipinski definition) is 2. The number of nitrogens with one attached hydrogen (secondary N) is 1. The fraction of sp³-hybridized carbons (Fsp3) is 0.400. The Balaban J connectivity index is 1.93. The minimum absolute atomic E-state index is 0.0951. The zero-order valence-corrected chi connectivity index (χ0v) is 12.0. The fourth-order valence-electron chi connectivity index (χ4n) is 2.19. The van der Waals surface area contributed by atoms with Gasteiger partial charge in [-0.25, -0.2) is 0 Å². The predicted octanol–water partition coefficient (Wildman–Crippen LogP) is 2.64. The van der Waals surface area contributed by atoms with Gasteiger partial charge in [0.25, 0.3) is 0 Å². The number of fused-ring (bicyclic) bond motifs is 1. The highest BCUT2D eigenvalue weighted by molar-refractivity contribution is 5.93.